The van der Waals surface area contributed by atoms with Crippen LogP contribution in [0.4, 0.5) is 13.2 Å². The van der Waals surface area contributed by atoms with Crippen LogP contribution in [0.1, 0.15) is 18.4 Å². The molecule has 0 aromatic heterocycles. The van der Waals surface area contributed by atoms with Crippen molar-refractivity contribution in [3.05, 3.63) is 35.6 Å². The number of hydrogen-bond donors (Lipinski definition) is 2. The third kappa shape index (κ3) is 3.86. The Labute approximate surface area is 121 Å². The fraction of sp³-hybridized carbons (Fsp3) is 0.462. The normalized spacial score (nSPS) is 19.1. The first-order valence-corrected chi connectivity index (χ1v) is 6.15. The number of nitrogens with one attached hydrogen (secondary N) is 2. The zero-order valence-corrected chi connectivity index (χ0v) is 11.5. The number of amides is 1. The Kier molecular flexibility index (Phi) is 5.83. The molecular formula is C13H16ClF3N2O. The van der Waals surface area contributed by atoms with Crippen molar-refractivity contribution in [3.8, 4) is 0 Å². The predicted molar refractivity (Wildman–Crippen MR) is 71.6 cm³/mol. The minimum absolute atomic E-state index is 0. The average Bonchev–Trinajstić information content (AvgIpc) is 2.40. The molecule has 1 aliphatic heterocycles. The summed E-state index contributed by atoms with van der Waals surface area (Å²) in [6, 6.07) is 3.40. The highest BCUT2D eigenvalue weighted by atomic mass is 35.5. The molecule has 1 amide bonds. The maximum absolute atomic E-state index is 13.9. The summed E-state index contributed by atoms with van der Waals surface area (Å²) in [6.07, 6.45) is 1.52. The van der Waals surface area contributed by atoms with Crippen LogP contribution < -0.4 is 10.6 Å². The summed E-state index contributed by atoms with van der Waals surface area (Å²) in [5.41, 5.74) is -0.504. The molecule has 0 unspecified atom stereocenters. The van der Waals surface area contributed by atoms with Gasteiger partial charge in [-0.15, -0.1) is 12.4 Å². The van der Waals surface area contributed by atoms with E-state index in [1.807, 2.05) is 0 Å². The molecule has 1 saturated heterocycles. The van der Waals surface area contributed by atoms with Crippen molar-refractivity contribution in [3.63, 3.8) is 0 Å². The lowest BCUT2D eigenvalue weighted by Crippen LogP contribution is -2.50. The number of carbonyl (C=O) groups excluding carboxylic acids is 1. The highest BCUT2D eigenvalue weighted by molar-refractivity contribution is 5.85. The van der Waals surface area contributed by atoms with E-state index in [1.165, 1.54) is 0 Å². The molecule has 1 heterocycles. The Morgan fingerprint density at radius 1 is 1.30 bits per heavy atom. The van der Waals surface area contributed by atoms with Gasteiger partial charge in [0.2, 0.25) is 0 Å². The summed E-state index contributed by atoms with van der Waals surface area (Å²) in [5, 5.41) is 5.36. The molecule has 0 aliphatic carbocycles. The Morgan fingerprint density at radius 3 is 2.50 bits per heavy atom. The van der Waals surface area contributed by atoms with E-state index >= 15 is 0 Å². The van der Waals surface area contributed by atoms with E-state index in [2.05, 4.69) is 10.6 Å². The molecule has 112 valence electrons. The van der Waals surface area contributed by atoms with Crippen molar-refractivity contribution in [1.29, 1.82) is 0 Å². The van der Waals surface area contributed by atoms with Gasteiger partial charge in [-0.2, -0.15) is 8.78 Å². The number of rotatable bonds is 3. The van der Waals surface area contributed by atoms with Gasteiger partial charge in [0.1, 0.15) is 5.82 Å². The lowest BCUT2D eigenvalue weighted by molar-refractivity contribution is -0.147. The van der Waals surface area contributed by atoms with E-state index in [0.717, 1.165) is 37.2 Å². The first-order valence-electron chi connectivity index (χ1n) is 6.15. The Hall–Kier alpha value is -1.27. The minimum Gasteiger partial charge on any atom is -0.347 e. The molecule has 1 aromatic carbocycles. The summed E-state index contributed by atoms with van der Waals surface area (Å²) < 4.78 is 40.5. The molecule has 0 spiro atoms. The summed E-state index contributed by atoms with van der Waals surface area (Å²) in [4.78, 5) is 11.6. The minimum atomic E-state index is -3.65. The van der Waals surface area contributed by atoms with Crippen molar-refractivity contribution in [1.82, 2.24) is 10.6 Å². The second kappa shape index (κ2) is 6.95. The van der Waals surface area contributed by atoms with E-state index in [9.17, 15) is 18.0 Å². The van der Waals surface area contributed by atoms with Crippen LogP contribution in [0.2, 0.25) is 0 Å². The SMILES string of the molecule is Cl.O=C(N[C@H]1CCCNC1)C(F)(F)c1ccc(F)cc1. The van der Waals surface area contributed by atoms with Gasteiger partial charge in [-0.25, -0.2) is 4.39 Å². The highest BCUT2D eigenvalue weighted by Crippen LogP contribution is 2.28. The van der Waals surface area contributed by atoms with Gasteiger partial charge in [0.25, 0.3) is 5.91 Å². The number of piperidine rings is 1. The second-order valence-electron chi connectivity index (χ2n) is 4.60. The van der Waals surface area contributed by atoms with Crippen molar-refractivity contribution in [2.45, 2.75) is 24.8 Å². The predicted octanol–water partition coefficient (Wildman–Crippen LogP) is 2.21. The summed E-state index contributed by atoms with van der Waals surface area (Å²) in [7, 11) is 0. The molecule has 2 rings (SSSR count). The van der Waals surface area contributed by atoms with Gasteiger partial charge in [0, 0.05) is 18.2 Å². The van der Waals surface area contributed by atoms with Gasteiger partial charge >= 0.3 is 5.92 Å². The zero-order chi connectivity index (χ0) is 13.9. The lowest BCUT2D eigenvalue weighted by Gasteiger charge is -2.26. The molecule has 1 fully saturated rings. The smallest absolute Gasteiger partial charge is 0.347 e. The van der Waals surface area contributed by atoms with Crippen molar-refractivity contribution in [2.75, 3.05) is 13.1 Å². The van der Waals surface area contributed by atoms with Crippen molar-refractivity contribution in [2.24, 2.45) is 0 Å². The van der Waals surface area contributed by atoms with Gasteiger partial charge in [0.15, 0.2) is 0 Å². The average molecular weight is 309 g/mol. The first kappa shape index (κ1) is 16.8. The molecule has 0 radical (unpaired) electrons. The summed E-state index contributed by atoms with van der Waals surface area (Å²) in [6.45, 7) is 1.33. The van der Waals surface area contributed by atoms with Crippen LogP contribution in [0.25, 0.3) is 0 Å². The molecule has 7 heteroatoms. The number of halogens is 4. The van der Waals surface area contributed by atoms with Crippen LogP contribution in [0.15, 0.2) is 24.3 Å². The molecule has 20 heavy (non-hydrogen) atoms. The van der Waals surface area contributed by atoms with Crippen LogP contribution in [0.3, 0.4) is 0 Å². The first-order chi connectivity index (χ1) is 9.00. The van der Waals surface area contributed by atoms with Crippen LogP contribution in [-0.2, 0) is 10.7 Å². The lowest BCUT2D eigenvalue weighted by atomic mass is 10.0. The van der Waals surface area contributed by atoms with Gasteiger partial charge in [0.05, 0.1) is 0 Å². The Bertz CT molecular complexity index is 447. The van der Waals surface area contributed by atoms with Crippen LogP contribution >= 0.6 is 12.4 Å². The topological polar surface area (TPSA) is 41.1 Å². The fourth-order valence-electron chi connectivity index (χ4n) is 2.04. The highest BCUT2D eigenvalue weighted by Gasteiger charge is 2.41. The van der Waals surface area contributed by atoms with E-state index in [1.54, 1.807) is 0 Å². The monoisotopic (exact) mass is 308 g/mol. The van der Waals surface area contributed by atoms with Crippen molar-refractivity contribution < 1.29 is 18.0 Å². The Balaban J connectivity index is 0.00000200. The third-order valence-corrected chi connectivity index (χ3v) is 3.12. The summed E-state index contributed by atoms with van der Waals surface area (Å²) >= 11 is 0. The quantitative estimate of drug-likeness (QED) is 0.899. The standard InChI is InChI=1S/C13H15F3N2O.ClH/c14-10-5-3-9(4-6-10)13(15,16)12(19)18-11-2-1-7-17-8-11;/h3-6,11,17H,1-2,7-8H2,(H,18,19);1H/t11-;/m0./s1. The van der Waals surface area contributed by atoms with Gasteiger partial charge < -0.3 is 10.6 Å². The Morgan fingerprint density at radius 2 is 1.95 bits per heavy atom. The fourth-order valence-corrected chi connectivity index (χ4v) is 2.04. The molecule has 0 saturated carbocycles. The zero-order valence-electron chi connectivity index (χ0n) is 10.7. The maximum Gasteiger partial charge on any atom is 0.349 e. The van der Waals surface area contributed by atoms with Crippen LogP contribution in [-0.4, -0.2) is 25.0 Å². The molecule has 1 atom stereocenters. The number of benzene rings is 1. The maximum atomic E-state index is 13.9. The largest absolute Gasteiger partial charge is 0.349 e. The molecule has 1 aromatic rings. The molecule has 0 bridgehead atoms. The van der Waals surface area contributed by atoms with E-state index in [4.69, 9.17) is 0 Å². The van der Waals surface area contributed by atoms with E-state index < -0.39 is 23.2 Å². The van der Waals surface area contributed by atoms with Crippen molar-refractivity contribution >= 4 is 18.3 Å². The van der Waals surface area contributed by atoms with Gasteiger partial charge in [-0.05, 0) is 43.7 Å². The van der Waals surface area contributed by atoms with Crippen LogP contribution in [0.5, 0.6) is 0 Å². The van der Waals surface area contributed by atoms with E-state index in [0.29, 0.717) is 13.0 Å². The van der Waals surface area contributed by atoms with Crippen LogP contribution in [0, 0.1) is 5.82 Å². The van der Waals surface area contributed by atoms with Gasteiger partial charge in [-0.3, -0.25) is 4.79 Å². The molecule has 2 N–H and O–H groups in total. The van der Waals surface area contributed by atoms with E-state index in [-0.39, 0.29) is 18.4 Å². The van der Waals surface area contributed by atoms with Gasteiger partial charge in [-0.1, -0.05) is 0 Å². The number of hydrogen-bond acceptors (Lipinski definition) is 2. The third-order valence-electron chi connectivity index (χ3n) is 3.12. The molecule has 3 nitrogen and oxygen atoms in total. The summed E-state index contributed by atoms with van der Waals surface area (Å²) in [5.74, 6) is -5.60. The second-order valence-corrected chi connectivity index (χ2v) is 4.60. The number of alkyl halides is 2. The number of carbonyl (C=O) groups is 1. The molecule has 1 aliphatic rings. The molecular weight excluding hydrogens is 293 g/mol.